The molecule has 1 atom stereocenters. The number of rotatable bonds is 5. The molecular weight excluding hydrogens is 258 g/mol. The summed E-state index contributed by atoms with van der Waals surface area (Å²) in [5.74, 6) is 0.305. The monoisotopic (exact) mass is 275 g/mol. The van der Waals surface area contributed by atoms with E-state index in [9.17, 15) is 5.11 Å². The maximum atomic E-state index is 9.28. The lowest BCUT2D eigenvalue weighted by Gasteiger charge is -2.16. The fourth-order valence-electron chi connectivity index (χ4n) is 2.14. The molecule has 0 heterocycles. The Balaban J connectivity index is 2.02. The van der Waals surface area contributed by atoms with E-state index in [2.05, 4.69) is 11.4 Å². The van der Waals surface area contributed by atoms with Gasteiger partial charge in [0, 0.05) is 11.1 Å². The van der Waals surface area contributed by atoms with Crippen molar-refractivity contribution in [1.29, 1.82) is 0 Å². The Hall–Kier alpha value is -1.51. The third-order valence-electron chi connectivity index (χ3n) is 3.20. The molecule has 0 aliphatic carbocycles. The Kier molecular flexibility index (Phi) is 4.83. The molecule has 0 radical (unpaired) electrons. The normalized spacial score (nSPS) is 12.3. The molecule has 0 aliphatic rings. The topological polar surface area (TPSA) is 32.3 Å². The Morgan fingerprint density at radius 1 is 1.05 bits per heavy atom. The second-order valence-corrected chi connectivity index (χ2v) is 5.13. The lowest BCUT2D eigenvalue weighted by molar-refractivity contribution is 0.474. The summed E-state index contributed by atoms with van der Waals surface area (Å²) >= 11 is 6.00. The van der Waals surface area contributed by atoms with Crippen LogP contribution < -0.4 is 5.32 Å². The highest BCUT2D eigenvalue weighted by molar-refractivity contribution is 6.30. The standard InChI is InChI=1S/C16H18ClNO/c1-18-15(10-12-5-7-16(19)8-6-12)11-13-3-2-4-14(17)9-13/h2-9,15,18-19H,10-11H2,1H3. The van der Waals surface area contributed by atoms with E-state index < -0.39 is 0 Å². The van der Waals surface area contributed by atoms with Gasteiger partial charge in [-0.2, -0.15) is 0 Å². The number of phenols is 1. The minimum atomic E-state index is 0.305. The Bertz CT molecular complexity index is 525. The van der Waals surface area contributed by atoms with E-state index in [1.807, 2.05) is 37.4 Å². The first-order valence-electron chi connectivity index (χ1n) is 6.37. The second-order valence-electron chi connectivity index (χ2n) is 4.69. The number of hydrogen-bond acceptors (Lipinski definition) is 2. The summed E-state index contributed by atoms with van der Waals surface area (Å²) in [5, 5.41) is 13.4. The van der Waals surface area contributed by atoms with Crippen LogP contribution in [-0.4, -0.2) is 18.2 Å². The minimum Gasteiger partial charge on any atom is -0.508 e. The Morgan fingerprint density at radius 3 is 2.37 bits per heavy atom. The highest BCUT2D eigenvalue weighted by Crippen LogP contribution is 2.15. The number of hydrogen-bond donors (Lipinski definition) is 2. The van der Waals surface area contributed by atoms with Gasteiger partial charge in [0.1, 0.15) is 5.75 Å². The van der Waals surface area contributed by atoms with Crippen LogP contribution in [0.5, 0.6) is 5.75 Å². The fraction of sp³-hybridized carbons (Fsp3) is 0.250. The maximum absolute atomic E-state index is 9.28. The van der Waals surface area contributed by atoms with Crippen LogP contribution in [0, 0.1) is 0 Å². The van der Waals surface area contributed by atoms with Gasteiger partial charge in [-0.05, 0) is 55.3 Å². The molecule has 0 fully saturated rings. The zero-order chi connectivity index (χ0) is 13.7. The van der Waals surface area contributed by atoms with Gasteiger partial charge in [-0.25, -0.2) is 0 Å². The average molecular weight is 276 g/mol. The van der Waals surface area contributed by atoms with E-state index in [0.717, 1.165) is 17.9 Å². The molecule has 0 bridgehead atoms. The number of nitrogens with one attached hydrogen (secondary N) is 1. The molecule has 0 aromatic heterocycles. The molecule has 2 N–H and O–H groups in total. The summed E-state index contributed by atoms with van der Waals surface area (Å²) in [4.78, 5) is 0. The third kappa shape index (κ3) is 4.27. The molecule has 1 unspecified atom stereocenters. The molecule has 0 saturated carbocycles. The number of halogens is 1. The molecule has 100 valence electrons. The minimum absolute atomic E-state index is 0.305. The second kappa shape index (κ2) is 6.60. The first-order chi connectivity index (χ1) is 9.17. The van der Waals surface area contributed by atoms with Crippen molar-refractivity contribution in [2.24, 2.45) is 0 Å². The third-order valence-corrected chi connectivity index (χ3v) is 3.43. The fourth-order valence-corrected chi connectivity index (χ4v) is 2.35. The van der Waals surface area contributed by atoms with Crippen LogP contribution in [0.3, 0.4) is 0 Å². The van der Waals surface area contributed by atoms with E-state index >= 15 is 0 Å². The molecule has 0 spiro atoms. The van der Waals surface area contributed by atoms with Gasteiger partial charge in [-0.3, -0.25) is 0 Å². The molecule has 2 nitrogen and oxygen atoms in total. The average Bonchev–Trinajstić information content (AvgIpc) is 2.40. The largest absolute Gasteiger partial charge is 0.508 e. The summed E-state index contributed by atoms with van der Waals surface area (Å²) < 4.78 is 0. The maximum Gasteiger partial charge on any atom is 0.115 e. The van der Waals surface area contributed by atoms with Crippen LogP contribution in [0.4, 0.5) is 0 Å². The number of aromatic hydroxyl groups is 1. The lowest BCUT2D eigenvalue weighted by Crippen LogP contribution is -2.29. The van der Waals surface area contributed by atoms with E-state index in [1.165, 1.54) is 11.1 Å². The van der Waals surface area contributed by atoms with Gasteiger partial charge in [0.05, 0.1) is 0 Å². The van der Waals surface area contributed by atoms with Crippen LogP contribution in [-0.2, 0) is 12.8 Å². The van der Waals surface area contributed by atoms with Gasteiger partial charge in [-0.1, -0.05) is 35.9 Å². The highest BCUT2D eigenvalue weighted by Gasteiger charge is 2.08. The summed E-state index contributed by atoms with van der Waals surface area (Å²) in [5.41, 5.74) is 2.44. The van der Waals surface area contributed by atoms with Crippen molar-refractivity contribution in [2.75, 3.05) is 7.05 Å². The van der Waals surface area contributed by atoms with Crippen molar-refractivity contribution < 1.29 is 5.11 Å². The van der Waals surface area contributed by atoms with Gasteiger partial charge in [-0.15, -0.1) is 0 Å². The van der Waals surface area contributed by atoms with Crippen LogP contribution in [0.1, 0.15) is 11.1 Å². The zero-order valence-corrected chi connectivity index (χ0v) is 11.7. The molecular formula is C16H18ClNO. The summed E-state index contributed by atoms with van der Waals surface area (Å²) in [6, 6.07) is 15.7. The van der Waals surface area contributed by atoms with Crippen molar-refractivity contribution in [3.8, 4) is 5.75 Å². The van der Waals surface area contributed by atoms with E-state index in [4.69, 9.17) is 11.6 Å². The Morgan fingerprint density at radius 2 is 1.74 bits per heavy atom. The number of benzene rings is 2. The first kappa shape index (κ1) is 13.9. The molecule has 0 amide bonds. The summed E-state index contributed by atoms with van der Waals surface area (Å²) in [6.07, 6.45) is 1.85. The Labute approximate surface area is 119 Å². The molecule has 2 rings (SSSR count). The van der Waals surface area contributed by atoms with Crippen molar-refractivity contribution in [3.63, 3.8) is 0 Å². The van der Waals surface area contributed by atoms with Gasteiger partial charge in [0.15, 0.2) is 0 Å². The lowest BCUT2D eigenvalue weighted by atomic mass is 9.99. The van der Waals surface area contributed by atoms with Crippen LogP contribution in [0.2, 0.25) is 5.02 Å². The number of phenolic OH excluding ortho intramolecular Hbond substituents is 1. The SMILES string of the molecule is CNC(Cc1ccc(O)cc1)Cc1cccc(Cl)c1. The molecule has 2 aromatic rings. The van der Waals surface area contributed by atoms with Crippen LogP contribution in [0.25, 0.3) is 0 Å². The number of likely N-dealkylation sites (N-methyl/N-ethyl adjacent to an activating group) is 1. The molecule has 19 heavy (non-hydrogen) atoms. The van der Waals surface area contributed by atoms with Crippen molar-refractivity contribution in [2.45, 2.75) is 18.9 Å². The quantitative estimate of drug-likeness (QED) is 0.876. The molecule has 0 aliphatic heterocycles. The molecule has 2 aromatic carbocycles. The van der Waals surface area contributed by atoms with E-state index in [-0.39, 0.29) is 0 Å². The first-order valence-corrected chi connectivity index (χ1v) is 6.75. The zero-order valence-electron chi connectivity index (χ0n) is 10.9. The van der Waals surface area contributed by atoms with Gasteiger partial charge >= 0.3 is 0 Å². The van der Waals surface area contributed by atoms with Crippen molar-refractivity contribution in [3.05, 3.63) is 64.7 Å². The van der Waals surface area contributed by atoms with Crippen LogP contribution >= 0.6 is 11.6 Å². The smallest absolute Gasteiger partial charge is 0.115 e. The van der Waals surface area contributed by atoms with Gasteiger partial charge < -0.3 is 10.4 Å². The van der Waals surface area contributed by atoms with E-state index in [1.54, 1.807) is 12.1 Å². The van der Waals surface area contributed by atoms with Gasteiger partial charge in [0.2, 0.25) is 0 Å². The summed E-state index contributed by atoms with van der Waals surface area (Å²) in [6.45, 7) is 0. The molecule has 0 saturated heterocycles. The van der Waals surface area contributed by atoms with Crippen LogP contribution in [0.15, 0.2) is 48.5 Å². The predicted octanol–water partition coefficient (Wildman–Crippen LogP) is 3.42. The van der Waals surface area contributed by atoms with Crippen molar-refractivity contribution >= 4 is 11.6 Å². The highest BCUT2D eigenvalue weighted by atomic mass is 35.5. The van der Waals surface area contributed by atoms with E-state index in [0.29, 0.717) is 11.8 Å². The molecule has 3 heteroatoms. The van der Waals surface area contributed by atoms with Crippen molar-refractivity contribution in [1.82, 2.24) is 5.32 Å². The summed E-state index contributed by atoms with van der Waals surface area (Å²) in [7, 11) is 1.97. The predicted molar refractivity (Wildman–Crippen MR) is 79.8 cm³/mol. The van der Waals surface area contributed by atoms with Gasteiger partial charge in [0.25, 0.3) is 0 Å².